The fraction of sp³-hybridized carbons (Fsp3) is 0.500. The van der Waals surface area contributed by atoms with E-state index in [1.54, 1.807) is 12.0 Å². The second-order valence-electron chi connectivity index (χ2n) is 4.68. The van der Waals surface area contributed by atoms with Gasteiger partial charge in [-0.15, -0.1) is 0 Å². The molecular weight excluding hydrogens is 244 g/mol. The van der Waals surface area contributed by atoms with Crippen LogP contribution in [0.2, 0.25) is 0 Å². The zero-order valence-corrected chi connectivity index (χ0v) is 11.6. The Morgan fingerprint density at radius 2 is 2.11 bits per heavy atom. The van der Waals surface area contributed by atoms with Gasteiger partial charge in [-0.25, -0.2) is 4.79 Å². The van der Waals surface area contributed by atoms with Crippen molar-refractivity contribution >= 4 is 11.7 Å². The van der Waals surface area contributed by atoms with Crippen molar-refractivity contribution in [3.05, 3.63) is 29.3 Å². The molecule has 0 aliphatic carbocycles. The summed E-state index contributed by atoms with van der Waals surface area (Å²) in [7, 11) is 1.58. The molecule has 0 aromatic heterocycles. The van der Waals surface area contributed by atoms with Gasteiger partial charge in [0, 0.05) is 19.3 Å². The first-order valence-electron chi connectivity index (χ1n) is 6.38. The van der Waals surface area contributed by atoms with Gasteiger partial charge in [0.15, 0.2) is 6.29 Å². The lowest BCUT2D eigenvalue weighted by Gasteiger charge is -2.32. The number of rotatable bonds is 2. The van der Waals surface area contributed by atoms with Crippen LogP contribution in [0.4, 0.5) is 10.5 Å². The molecule has 0 spiro atoms. The number of methoxy groups -OCH3 is 1. The molecule has 1 N–H and O–H groups in total. The van der Waals surface area contributed by atoms with Crippen LogP contribution >= 0.6 is 0 Å². The van der Waals surface area contributed by atoms with Crippen molar-refractivity contribution in [1.29, 1.82) is 0 Å². The molecule has 1 aliphatic heterocycles. The van der Waals surface area contributed by atoms with Crippen LogP contribution in [0.1, 0.15) is 11.1 Å². The monoisotopic (exact) mass is 264 g/mol. The summed E-state index contributed by atoms with van der Waals surface area (Å²) in [5.41, 5.74) is 3.00. The first-order chi connectivity index (χ1) is 9.11. The fourth-order valence-electron chi connectivity index (χ4n) is 2.14. The van der Waals surface area contributed by atoms with E-state index in [1.807, 2.05) is 32.0 Å². The Balaban J connectivity index is 2.04. The van der Waals surface area contributed by atoms with Crippen LogP contribution in [0.5, 0.6) is 0 Å². The molecule has 19 heavy (non-hydrogen) atoms. The van der Waals surface area contributed by atoms with Crippen LogP contribution in [-0.4, -0.2) is 44.0 Å². The first kappa shape index (κ1) is 13.8. The van der Waals surface area contributed by atoms with Crippen molar-refractivity contribution < 1.29 is 14.3 Å². The standard InChI is InChI=1S/C14H20N2O3/c1-10-5-4-6-11(2)13(10)15-14(17)16-7-8-19-12(9-16)18-3/h4-6,12H,7-9H2,1-3H3,(H,15,17)/t12-/m1/s1. The van der Waals surface area contributed by atoms with E-state index in [0.717, 1.165) is 16.8 Å². The maximum atomic E-state index is 12.2. The average Bonchev–Trinajstić information content (AvgIpc) is 2.43. The number of anilines is 1. The smallest absolute Gasteiger partial charge is 0.322 e. The number of hydrogen-bond donors (Lipinski definition) is 1. The summed E-state index contributed by atoms with van der Waals surface area (Å²) in [5.74, 6) is 0. The predicted octanol–water partition coefficient (Wildman–Crippen LogP) is 2.14. The Bertz CT molecular complexity index is 442. The van der Waals surface area contributed by atoms with E-state index in [2.05, 4.69) is 5.32 Å². The van der Waals surface area contributed by atoms with Crippen LogP contribution in [-0.2, 0) is 9.47 Å². The number of hydrogen-bond acceptors (Lipinski definition) is 3. The molecule has 2 amide bonds. The number of carbonyl (C=O) groups is 1. The highest BCUT2D eigenvalue weighted by molar-refractivity contribution is 5.91. The van der Waals surface area contributed by atoms with Crippen LogP contribution < -0.4 is 5.32 Å². The lowest BCUT2D eigenvalue weighted by atomic mass is 10.1. The minimum Gasteiger partial charge on any atom is -0.354 e. The Morgan fingerprint density at radius 1 is 1.42 bits per heavy atom. The Hall–Kier alpha value is -1.59. The van der Waals surface area contributed by atoms with Gasteiger partial charge in [-0.1, -0.05) is 18.2 Å². The average molecular weight is 264 g/mol. The van der Waals surface area contributed by atoms with Gasteiger partial charge in [-0.2, -0.15) is 0 Å². The third kappa shape index (κ3) is 3.24. The number of ether oxygens (including phenoxy) is 2. The second-order valence-corrected chi connectivity index (χ2v) is 4.68. The molecular formula is C14H20N2O3. The van der Waals surface area contributed by atoms with E-state index in [1.165, 1.54) is 0 Å². The summed E-state index contributed by atoms with van der Waals surface area (Å²) in [6, 6.07) is 5.85. The lowest BCUT2D eigenvalue weighted by Crippen LogP contribution is -2.48. The van der Waals surface area contributed by atoms with Crippen molar-refractivity contribution in [2.45, 2.75) is 20.1 Å². The molecule has 5 heteroatoms. The van der Waals surface area contributed by atoms with Crippen molar-refractivity contribution in [3.8, 4) is 0 Å². The topological polar surface area (TPSA) is 50.8 Å². The normalized spacial score (nSPS) is 19.3. The fourth-order valence-corrected chi connectivity index (χ4v) is 2.14. The van der Waals surface area contributed by atoms with E-state index >= 15 is 0 Å². The molecule has 1 aliphatic rings. The van der Waals surface area contributed by atoms with E-state index in [0.29, 0.717) is 19.7 Å². The minimum atomic E-state index is -0.336. The number of nitrogens with zero attached hydrogens (tertiary/aromatic N) is 1. The van der Waals surface area contributed by atoms with Gasteiger partial charge >= 0.3 is 6.03 Å². The summed E-state index contributed by atoms with van der Waals surface area (Å²) >= 11 is 0. The number of benzene rings is 1. The van der Waals surface area contributed by atoms with Crippen molar-refractivity contribution in [1.82, 2.24) is 4.90 Å². The number of aryl methyl sites for hydroxylation is 2. The van der Waals surface area contributed by atoms with Crippen molar-refractivity contribution in [2.75, 3.05) is 32.1 Å². The van der Waals surface area contributed by atoms with Gasteiger partial charge in [-0.3, -0.25) is 0 Å². The molecule has 1 heterocycles. The quantitative estimate of drug-likeness (QED) is 0.890. The summed E-state index contributed by atoms with van der Waals surface area (Å²) in [6.07, 6.45) is -0.336. The van der Waals surface area contributed by atoms with Crippen molar-refractivity contribution in [3.63, 3.8) is 0 Å². The molecule has 0 bridgehead atoms. The van der Waals surface area contributed by atoms with Gasteiger partial charge in [0.05, 0.1) is 13.2 Å². The zero-order chi connectivity index (χ0) is 13.8. The Labute approximate surface area is 113 Å². The Morgan fingerprint density at radius 3 is 2.74 bits per heavy atom. The van der Waals surface area contributed by atoms with Gasteiger partial charge in [0.25, 0.3) is 0 Å². The SMILES string of the molecule is CO[C@H]1CN(C(=O)Nc2c(C)cccc2C)CCO1. The van der Waals surface area contributed by atoms with Crippen molar-refractivity contribution in [2.24, 2.45) is 0 Å². The molecule has 1 atom stereocenters. The number of amides is 2. The third-order valence-electron chi connectivity index (χ3n) is 3.30. The van der Waals surface area contributed by atoms with Gasteiger partial charge < -0.3 is 19.7 Å². The van der Waals surface area contributed by atoms with E-state index < -0.39 is 0 Å². The van der Waals surface area contributed by atoms with Gasteiger partial charge in [-0.05, 0) is 25.0 Å². The number of morpholine rings is 1. The van der Waals surface area contributed by atoms with E-state index in [9.17, 15) is 4.79 Å². The van der Waals surface area contributed by atoms with Gasteiger partial charge in [0.2, 0.25) is 0 Å². The van der Waals surface area contributed by atoms with Gasteiger partial charge in [0.1, 0.15) is 0 Å². The largest absolute Gasteiger partial charge is 0.354 e. The molecule has 0 unspecified atom stereocenters. The summed E-state index contributed by atoms with van der Waals surface area (Å²) < 4.78 is 10.5. The molecule has 5 nitrogen and oxygen atoms in total. The number of carbonyl (C=O) groups excluding carboxylic acids is 1. The first-order valence-corrected chi connectivity index (χ1v) is 6.38. The number of nitrogens with one attached hydrogen (secondary N) is 1. The number of para-hydroxylation sites is 1. The van der Waals surface area contributed by atoms with Crippen LogP contribution in [0.3, 0.4) is 0 Å². The molecule has 1 saturated heterocycles. The molecule has 1 fully saturated rings. The molecule has 104 valence electrons. The maximum absolute atomic E-state index is 12.2. The Kier molecular flexibility index (Phi) is 4.39. The molecule has 0 radical (unpaired) electrons. The van der Waals surface area contributed by atoms with Crippen LogP contribution in [0.15, 0.2) is 18.2 Å². The molecule has 0 saturated carbocycles. The van der Waals surface area contributed by atoms with E-state index in [-0.39, 0.29) is 12.3 Å². The number of urea groups is 1. The summed E-state index contributed by atoms with van der Waals surface area (Å²) in [6.45, 7) is 5.50. The predicted molar refractivity (Wildman–Crippen MR) is 73.3 cm³/mol. The molecule has 1 aromatic carbocycles. The molecule has 1 aromatic rings. The summed E-state index contributed by atoms with van der Waals surface area (Å²) in [5, 5.41) is 2.97. The third-order valence-corrected chi connectivity index (χ3v) is 3.30. The zero-order valence-electron chi connectivity index (χ0n) is 11.6. The van der Waals surface area contributed by atoms with Crippen LogP contribution in [0, 0.1) is 13.8 Å². The highest BCUT2D eigenvalue weighted by atomic mass is 16.7. The van der Waals surface area contributed by atoms with Crippen LogP contribution in [0.25, 0.3) is 0 Å². The maximum Gasteiger partial charge on any atom is 0.322 e. The van der Waals surface area contributed by atoms with E-state index in [4.69, 9.17) is 9.47 Å². The molecule has 2 rings (SSSR count). The highest BCUT2D eigenvalue weighted by Gasteiger charge is 2.24. The minimum absolute atomic E-state index is 0.109. The highest BCUT2D eigenvalue weighted by Crippen LogP contribution is 2.20. The lowest BCUT2D eigenvalue weighted by molar-refractivity contribution is -0.155. The summed E-state index contributed by atoms with van der Waals surface area (Å²) in [4.78, 5) is 13.9. The second kappa shape index (κ2) is 6.04.